The number of benzene rings is 2. The molecule has 10 heteroatoms. The second-order valence-corrected chi connectivity index (χ2v) is 9.26. The average molecular weight is 463 g/mol. The first-order valence-corrected chi connectivity index (χ1v) is 11.5. The molecule has 9 nitrogen and oxygen atoms in total. The molecule has 2 aromatic carbocycles. The van der Waals surface area contributed by atoms with Gasteiger partial charge in [0.2, 0.25) is 21.8 Å². The van der Waals surface area contributed by atoms with Gasteiger partial charge in [0.25, 0.3) is 0 Å². The Morgan fingerprint density at radius 2 is 1.75 bits per heavy atom. The molecule has 2 amide bonds. The molecule has 2 atom stereocenters. The zero-order chi connectivity index (χ0) is 23.9. The molecule has 0 spiro atoms. The van der Waals surface area contributed by atoms with Crippen molar-refractivity contribution in [3.8, 4) is 5.75 Å². The maximum absolute atomic E-state index is 12.6. The van der Waals surface area contributed by atoms with Crippen LogP contribution in [-0.2, 0) is 19.6 Å². The number of hydrogen-bond donors (Lipinski definition) is 3. The molecular weight excluding hydrogens is 432 g/mol. The van der Waals surface area contributed by atoms with E-state index in [-0.39, 0.29) is 23.4 Å². The molecule has 0 aliphatic carbocycles. The summed E-state index contributed by atoms with van der Waals surface area (Å²) in [6.45, 7) is 3.13. The van der Waals surface area contributed by atoms with E-state index < -0.39 is 22.0 Å². The Balaban J connectivity index is 2.02. The number of carbonyl (C=O) groups excluding carboxylic acids is 2. The smallest absolute Gasteiger partial charge is 0.241 e. The van der Waals surface area contributed by atoms with Gasteiger partial charge in [-0.25, -0.2) is 8.42 Å². The van der Waals surface area contributed by atoms with Crippen molar-refractivity contribution >= 4 is 27.5 Å². The first-order chi connectivity index (χ1) is 15.0. The molecular formula is C22H30N4O5S. The van der Waals surface area contributed by atoms with Crippen LogP contribution in [0, 0.1) is 0 Å². The van der Waals surface area contributed by atoms with Gasteiger partial charge in [0.05, 0.1) is 24.1 Å². The van der Waals surface area contributed by atoms with Crippen molar-refractivity contribution in [1.29, 1.82) is 0 Å². The number of carbonyl (C=O) groups is 2. The van der Waals surface area contributed by atoms with Crippen LogP contribution in [0.5, 0.6) is 5.75 Å². The quantitative estimate of drug-likeness (QED) is 0.495. The summed E-state index contributed by atoms with van der Waals surface area (Å²) in [5.41, 5.74) is 1.44. The number of methoxy groups -OCH3 is 1. The highest BCUT2D eigenvalue weighted by molar-refractivity contribution is 7.89. The van der Waals surface area contributed by atoms with Gasteiger partial charge in [-0.1, -0.05) is 12.1 Å². The zero-order valence-corrected chi connectivity index (χ0v) is 19.7. The predicted octanol–water partition coefficient (Wildman–Crippen LogP) is 1.74. The van der Waals surface area contributed by atoms with Crippen LogP contribution in [0.15, 0.2) is 53.4 Å². The van der Waals surface area contributed by atoms with Crippen molar-refractivity contribution in [3.63, 3.8) is 0 Å². The van der Waals surface area contributed by atoms with Gasteiger partial charge in [0.15, 0.2) is 0 Å². The Kier molecular flexibility index (Phi) is 8.76. The number of ether oxygens (including phenoxy) is 1. The van der Waals surface area contributed by atoms with E-state index in [0.29, 0.717) is 11.4 Å². The Morgan fingerprint density at radius 1 is 1.09 bits per heavy atom. The summed E-state index contributed by atoms with van der Waals surface area (Å²) in [5.74, 6) is 0.0125. The lowest BCUT2D eigenvalue weighted by Gasteiger charge is -2.26. The van der Waals surface area contributed by atoms with Crippen molar-refractivity contribution in [2.45, 2.75) is 30.8 Å². The highest BCUT2D eigenvalue weighted by Gasteiger charge is 2.23. The molecule has 174 valence electrons. The van der Waals surface area contributed by atoms with Gasteiger partial charge in [-0.15, -0.1) is 0 Å². The van der Waals surface area contributed by atoms with Gasteiger partial charge < -0.3 is 20.3 Å². The van der Waals surface area contributed by atoms with E-state index in [9.17, 15) is 18.0 Å². The number of nitrogens with zero attached hydrogens (tertiary/aromatic N) is 1. The zero-order valence-electron chi connectivity index (χ0n) is 18.9. The van der Waals surface area contributed by atoms with E-state index in [0.717, 1.165) is 5.56 Å². The molecule has 0 aliphatic heterocycles. The molecule has 2 aromatic rings. The third-order valence-corrected chi connectivity index (χ3v) is 6.34. The highest BCUT2D eigenvalue weighted by Crippen LogP contribution is 2.22. The molecule has 3 N–H and O–H groups in total. The number of nitrogens with one attached hydrogen (secondary N) is 3. The second-order valence-electron chi connectivity index (χ2n) is 7.55. The molecule has 0 bridgehead atoms. The minimum atomic E-state index is -3.92. The van der Waals surface area contributed by atoms with Crippen LogP contribution in [0.25, 0.3) is 0 Å². The monoisotopic (exact) mass is 462 g/mol. The van der Waals surface area contributed by atoms with E-state index in [4.69, 9.17) is 4.74 Å². The SMILES string of the molecule is COc1cccc(C(CNC(=O)[C@H](C)NS(=O)(=O)c2ccc(NC(C)=O)cc2)N(C)C)c1. The van der Waals surface area contributed by atoms with Crippen LogP contribution >= 0.6 is 0 Å². The van der Waals surface area contributed by atoms with Crippen LogP contribution in [0.3, 0.4) is 0 Å². The number of likely N-dealkylation sites (N-methyl/N-ethyl adjacent to an activating group) is 1. The third kappa shape index (κ3) is 7.04. The molecule has 0 heterocycles. The van der Waals surface area contributed by atoms with Gasteiger partial charge in [-0.2, -0.15) is 4.72 Å². The summed E-state index contributed by atoms with van der Waals surface area (Å²) in [4.78, 5) is 25.6. The van der Waals surface area contributed by atoms with Crippen LogP contribution in [-0.4, -0.2) is 58.9 Å². The van der Waals surface area contributed by atoms with E-state index in [2.05, 4.69) is 15.4 Å². The van der Waals surface area contributed by atoms with E-state index in [1.165, 1.54) is 38.1 Å². The van der Waals surface area contributed by atoms with Gasteiger partial charge in [0, 0.05) is 19.2 Å². The highest BCUT2D eigenvalue weighted by atomic mass is 32.2. The number of sulfonamides is 1. The molecule has 0 aromatic heterocycles. The Labute approximate surface area is 189 Å². The maximum Gasteiger partial charge on any atom is 0.241 e. The van der Waals surface area contributed by atoms with Gasteiger partial charge in [-0.05, 0) is 63.0 Å². The van der Waals surface area contributed by atoms with Crippen LogP contribution in [0.4, 0.5) is 5.69 Å². The Hall–Kier alpha value is -2.95. The molecule has 0 radical (unpaired) electrons. The first kappa shape index (κ1) is 25.3. The van der Waals surface area contributed by atoms with E-state index >= 15 is 0 Å². The van der Waals surface area contributed by atoms with Crippen molar-refractivity contribution in [2.75, 3.05) is 33.1 Å². The van der Waals surface area contributed by atoms with Crippen molar-refractivity contribution in [1.82, 2.24) is 14.9 Å². The lowest BCUT2D eigenvalue weighted by Crippen LogP contribution is -2.46. The fourth-order valence-electron chi connectivity index (χ4n) is 3.07. The van der Waals surface area contributed by atoms with Gasteiger partial charge in [0.1, 0.15) is 5.75 Å². The molecule has 2 rings (SSSR count). The maximum atomic E-state index is 12.6. The van der Waals surface area contributed by atoms with Gasteiger partial charge >= 0.3 is 0 Å². The van der Waals surface area contributed by atoms with Crippen LogP contribution in [0.1, 0.15) is 25.5 Å². The van der Waals surface area contributed by atoms with Crippen molar-refractivity contribution < 1.29 is 22.7 Å². The normalized spacial score (nSPS) is 13.3. The standard InChI is InChI=1S/C22H30N4O5S/c1-15(25-32(29,30)20-11-9-18(10-12-20)24-16(2)27)22(28)23-14-21(26(3)4)17-7-6-8-19(13-17)31-5/h6-13,15,21,25H,14H2,1-5H3,(H,23,28)(H,24,27)/t15-,21?/m0/s1. The molecule has 0 aliphatic rings. The van der Waals surface area contributed by atoms with Crippen molar-refractivity contribution in [2.24, 2.45) is 0 Å². The molecule has 0 fully saturated rings. The summed E-state index contributed by atoms with van der Waals surface area (Å²) in [6, 6.07) is 12.1. The second kappa shape index (κ2) is 11.1. The molecule has 1 unspecified atom stereocenters. The summed E-state index contributed by atoms with van der Waals surface area (Å²) in [5, 5.41) is 5.38. The Morgan fingerprint density at radius 3 is 2.31 bits per heavy atom. The van der Waals surface area contributed by atoms with E-state index in [1.54, 1.807) is 7.11 Å². The van der Waals surface area contributed by atoms with Crippen LogP contribution in [0.2, 0.25) is 0 Å². The minimum absolute atomic E-state index is 0.00574. The number of amides is 2. The average Bonchev–Trinajstić information content (AvgIpc) is 2.73. The van der Waals surface area contributed by atoms with Gasteiger partial charge in [-0.3, -0.25) is 9.59 Å². The lowest BCUT2D eigenvalue weighted by atomic mass is 10.1. The minimum Gasteiger partial charge on any atom is -0.497 e. The fourth-order valence-corrected chi connectivity index (χ4v) is 4.28. The predicted molar refractivity (Wildman–Crippen MR) is 123 cm³/mol. The summed E-state index contributed by atoms with van der Waals surface area (Å²) >= 11 is 0. The number of anilines is 1. The summed E-state index contributed by atoms with van der Waals surface area (Å²) < 4.78 is 32.9. The summed E-state index contributed by atoms with van der Waals surface area (Å²) in [6.07, 6.45) is 0. The van der Waals surface area contributed by atoms with Crippen molar-refractivity contribution in [3.05, 3.63) is 54.1 Å². The largest absolute Gasteiger partial charge is 0.497 e. The summed E-state index contributed by atoms with van der Waals surface area (Å²) in [7, 11) is 1.47. The molecule has 0 saturated carbocycles. The number of hydrogen-bond acceptors (Lipinski definition) is 6. The first-order valence-electron chi connectivity index (χ1n) is 10.0. The number of rotatable bonds is 10. The fraction of sp³-hybridized carbons (Fsp3) is 0.364. The van der Waals surface area contributed by atoms with E-state index in [1.807, 2.05) is 43.3 Å². The van der Waals surface area contributed by atoms with Crippen LogP contribution < -0.4 is 20.1 Å². The molecule has 32 heavy (non-hydrogen) atoms. The third-order valence-electron chi connectivity index (χ3n) is 4.78. The lowest BCUT2D eigenvalue weighted by molar-refractivity contribution is -0.122. The topological polar surface area (TPSA) is 117 Å². The Bertz CT molecular complexity index is 1040. The molecule has 0 saturated heterocycles.